The standard InChI is InChI=1S/C8H16N2O2.ClH/c1-9-6-8(12)10-4-2-7(11)3-5-10;/h7,9,11H,2-6H2,1H3;1H. The number of likely N-dealkylation sites (N-methyl/N-ethyl adjacent to an activating group) is 1. The van der Waals surface area contributed by atoms with E-state index in [1.54, 1.807) is 11.9 Å². The number of nitrogens with one attached hydrogen (secondary N) is 1. The van der Waals surface area contributed by atoms with Gasteiger partial charge in [0.2, 0.25) is 5.91 Å². The maximum absolute atomic E-state index is 11.3. The van der Waals surface area contributed by atoms with Crippen molar-refractivity contribution >= 4 is 18.3 Å². The van der Waals surface area contributed by atoms with Crippen LogP contribution in [0.3, 0.4) is 0 Å². The topological polar surface area (TPSA) is 52.6 Å². The summed E-state index contributed by atoms with van der Waals surface area (Å²) in [5.74, 6) is 0.129. The largest absolute Gasteiger partial charge is 0.393 e. The first-order valence-corrected chi connectivity index (χ1v) is 4.34. The van der Waals surface area contributed by atoms with Crippen molar-refractivity contribution in [1.82, 2.24) is 10.2 Å². The molecule has 0 aliphatic carbocycles. The highest BCUT2D eigenvalue weighted by Crippen LogP contribution is 2.09. The molecule has 0 spiro atoms. The molecule has 1 aliphatic heterocycles. The third kappa shape index (κ3) is 3.93. The molecule has 5 heteroatoms. The van der Waals surface area contributed by atoms with Gasteiger partial charge in [0.15, 0.2) is 0 Å². The lowest BCUT2D eigenvalue weighted by Gasteiger charge is -2.29. The van der Waals surface area contributed by atoms with Crippen molar-refractivity contribution in [1.29, 1.82) is 0 Å². The van der Waals surface area contributed by atoms with E-state index < -0.39 is 0 Å². The summed E-state index contributed by atoms with van der Waals surface area (Å²) >= 11 is 0. The summed E-state index contributed by atoms with van der Waals surface area (Å²) in [7, 11) is 1.76. The molecule has 0 saturated carbocycles. The van der Waals surface area contributed by atoms with Crippen LogP contribution in [0.5, 0.6) is 0 Å². The highest BCUT2D eigenvalue weighted by Gasteiger charge is 2.20. The number of rotatable bonds is 2. The number of amides is 1. The van der Waals surface area contributed by atoms with E-state index in [9.17, 15) is 9.90 Å². The molecule has 0 aromatic heterocycles. The van der Waals surface area contributed by atoms with E-state index in [1.165, 1.54) is 0 Å². The lowest BCUT2D eigenvalue weighted by atomic mass is 10.1. The lowest BCUT2D eigenvalue weighted by Crippen LogP contribution is -2.43. The molecular weight excluding hydrogens is 192 g/mol. The molecule has 1 fully saturated rings. The van der Waals surface area contributed by atoms with Gasteiger partial charge in [-0.1, -0.05) is 0 Å². The lowest BCUT2D eigenvalue weighted by molar-refractivity contribution is -0.132. The van der Waals surface area contributed by atoms with E-state index in [4.69, 9.17) is 0 Å². The predicted octanol–water partition coefficient (Wildman–Crippen LogP) is -0.389. The molecule has 78 valence electrons. The van der Waals surface area contributed by atoms with Crippen molar-refractivity contribution in [3.05, 3.63) is 0 Å². The number of carbonyl (C=O) groups is 1. The van der Waals surface area contributed by atoms with E-state index in [2.05, 4.69) is 5.32 Å². The van der Waals surface area contributed by atoms with E-state index in [1.807, 2.05) is 0 Å². The summed E-state index contributed by atoms with van der Waals surface area (Å²) in [4.78, 5) is 13.1. The number of aliphatic hydroxyl groups excluding tert-OH is 1. The second-order valence-electron chi connectivity index (χ2n) is 3.14. The minimum atomic E-state index is -0.205. The summed E-state index contributed by atoms with van der Waals surface area (Å²) in [6.45, 7) is 1.79. The summed E-state index contributed by atoms with van der Waals surface area (Å²) in [5, 5.41) is 12.0. The fourth-order valence-electron chi connectivity index (χ4n) is 1.38. The van der Waals surface area contributed by atoms with Crippen molar-refractivity contribution in [3.8, 4) is 0 Å². The van der Waals surface area contributed by atoms with E-state index in [0.717, 1.165) is 12.8 Å². The molecule has 1 aliphatic rings. The summed E-state index contributed by atoms with van der Waals surface area (Å²) in [5.41, 5.74) is 0. The first-order valence-electron chi connectivity index (χ1n) is 4.34. The van der Waals surface area contributed by atoms with Crippen LogP contribution < -0.4 is 5.32 Å². The quantitative estimate of drug-likeness (QED) is 0.650. The van der Waals surface area contributed by atoms with Crippen LogP contribution in [0.4, 0.5) is 0 Å². The summed E-state index contributed by atoms with van der Waals surface area (Å²) < 4.78 is 0. The molecule has 0 atom stereocenters. The molecule has 1 heterocycles. The van der Waals surface area contributed by atoms with Gasteiger partial charge in [-0.15, -0.1) is 12.4 Å². The molecule has 1 rings (SSSR count). The molecule has 4 nitrogen and oxygen atoms in total. The number of carbonyl (C=O) groups excluding carboxylic acids is 1. The summed E-state index contributed by atoms with van der Waals surface area (Å²) in [6, 6.07) is 0. The SMILES string of the molecule is CNCC(=O)N1CCC(O)CC1.Cl. The van der Waals surface area contributed by atoms with E-state index in [-0.39, 0.29) is 24.4 Å². The third-order valence-electron chi connectivity index (χ3n) is 2.15. The highest BCUT2D eigenvalue weighted by atomic mass is 35.5. The molecule has 2 N–H and O–H groups in total. The number of hydrogen-bond donors (Lipinski definition) is 2. The number of piperidine rings is 1. The van der Waals surface area contributed by atoms with Gasteiger partial charge < -0.3 is 15.3 Å². The molecule has 0 radical (unpaired) electrons. The predicted molar refractivity (Wildman–Crippen MR) is 53.0 cm³/mol. The molecule has 0 aromatic carbocycles. The number of halogens is 1. The van der Waals surface area contributed by atoms with Crippen LogP contribution in [0, 0.1) is 0 Å². The Morgan fingerprint density at radius 1 is 1.54 bits per heavy atom. The van der Waals surface area contributed by atoms with Gasteiger partial charge >= 0.3 is 0 Å². The highest BCUT2D eigenvalue weighted by molar-refractivity contribution is 5.85. The van der Waals surface area contributed by atoms with Gasteiger partial charge in [-0.25, -0.2) is 0 Å². The zero-order chi connectivity index (χ0) is 8.97. The summed E-state index contributed by atoms with van der Waals surface area (Å²) in [6.07, 6.45) is 1.23. The van der Waals surface area contributed by atoms with Crippen molar-refractivity contribution < 1.29 is 9.90 Å². The fraction of sp³-hybridized carbons (Fsp3) is 0.875. The number of hydrogen-bond acceptors (Lipinski definition) is 3. The molecular formula is C8H17ClN2O2. The third-order valence-corrected chi connectivity index (χ3v) is 2.15. The van der Waals surface area contributed by atoms with Crippen LogP contribution in [0.25, 0.3) is 0 Å². The van der Waals surface area contributed by atoms with Crippen LogP contribution in [0.1, 0.15) is 12.8 Å². The maximum Gasteiger partial charge on any atom is 0.236 e. The Kier molecular flexibility index (Phi) is 6.03. The first-order chi connectivity index (χ1) is 5.74. The van der Waals surface area contributed by atoms with Crippen molar-refractivity contribution in [3.63, 3.8) is 0 Å². The number of nitrogens with zero attached hydrogens (tertiary/aromatic N) is 1. The monoisotopic (exact) mass is 208 g/mol. The van der Waals surface area contributed by atoms with E-state index >= 15 is 0 Å². The second-order valence-corrected chi connectivity index (χ2v) is 3.14. The molecule has 0 bridgehead atoms. The molecule has 0 unspecified atom stereocenters. The molecule has 1 amide bonds. The smallest absolute Gasteiger partial charge is 0.236 e. The average molecular weight is 209 g/mol. The number of aliphatic hydroxyl groups is 1. The van der Waals surface area contributed by atoms with Gasteiger partial charge in [-0.2, -0.15) is 0 Å². The van der Waals surface area contributed by atoms with Gasteiger partial charge in [-0.3, -0.25) is 4.79 Å². The van der Waals surface area contributed by atoms with Gasteiger partial charge in [0.25, 0.3) is 0 Å². The molecule has 1 saturated heterocycles. The zero-order valence-corrected chi connectivity index (χ0v) is 8.64. The van der Waals surface area contributed by atoms with Crippen molar-refractivity contribution in [2.75, 3.05) is 26.7 Å². The Labute approximate surface area is 84.7 Å². The Balaban J connectivity index is 0.00000144. The number of likely N-dealkylation sites (tertiary alicyclic amines) is 1. The van der Waals surface area contributed by atoms with Gasteiger partial charge in [0.05, 0.1) is 12.6 Å². The van der Waals surface area contributed by atoms with Crippen molar-refractivity contribution in [2.45, 2.75) is 18.9 Å². The fourth-order valence-corrected chi connectivity index (χ4v) is 1.38. The first kappa shape index (κ1) is 12.7. The van der Waals surface area contributed by atoms with Gasteiger partial charge in [0, 0.05) is 13.1 Å². The minimum absolute atomic E-state index is 0. The van der Waals surface area contributed by atoms with Crippen LogP contribution >= 0.6 is 12.4 Å². The Morgan fingerprint density at radius 2 is 2.08 bits per heavy atom. The minimum Gasteiger partial charge on any atom is -0.393 e. The Bertz CT molecular complexity index is 158. The van der Waals surface area contributed by atoms with Crippen LogP contribution in [-0.2, 0) is 4.79 Å². The normalized spacial score (nSPS) is 18.2. The van der Waals surface area contributed by atoms with E-state index in [0.29, 0.717) is 19.6 Å². The Morgan fingerprint density at radius 3 is 2.54 bits per heavy atom. The molecule has 0 aromatic rings. The second kappa shape index (κ2) is 6.18. The van der Waals surface area contributed by atoms with Gasteiger partial charge in [-0.05, 0) is 19.9 Å². The van der Waals surface area contributed by atoms with Crippen LogP contribution in [-0.4, -0.2) is 48.7 Å². The van der Waals surface area contributed by atoms with Crippen LogP contribution in [0.15, 0.2) is 0 Å². The van der Waals surface area contributed by atoms with Gasteiger partial charge in [0.1, 0.15) is 0 Å². The zero-order valence-electron chi connectivity index (χ0n) is 7.82. The Hall–Kier alpha value is -0.320. The maximum atomic E-state index is 11.3. The van der Waals surface area contributed by atoms with Crippen molar-refractivity contribution in [2.24, 2.45) is 0 Å². The molecule has 13 heavy (non-hydrogen) atoms. The average Bonchev–Trinajstić information content (AvgIpc) is 2.06. The van der Waals surface area contributed by atoms with Crippen LogP contribution in [0.2, 0.25) is 0 Å².